The van der Waals surface area contributed by atoms with Crippen molar-refractivity contribution in [2.45, 2.75) is 26.3 Å². The summed E-state index contributed by atoms with van der Waals surface area (Å²) in [7, 11) is 0. The molecule has 1 radical (unpaired) electrons. The molecule has 1 aromatic carbocycles. The Morgan fingerprint density at radius 2 is 1.95 bits per heavy atom. The number of carbonyl (C=O) groups is 2. The van der Waals surface area contributed by atoms with E-state index in [0.29, 0.717) is 26.0 Å². The quantitative estimate of drug-likeness (QED) is 0.708. The van der Waals surface area contributed by atoms with Crippen molar-refractivity contribution in [2.24, 2.45) is 0 Å². The van der Waals surface area contributed by atoms with E-state index in [1.54, 1.807) is 6.92 Å². The Kier molecular flexibility index (Phi) is 6.64. The molecule has 4 heteroatoms. The number of benzene rings is 1. The molecule has 1 amide bonds. The van der Waals surface area contributed by atoms with E-state index in [1.807, 2.05) is 30.3 Å². The molecule has 0 saturated carbocycles. The third kappa shape index (κ3) is 5.55. The van der Waals surface area contributed by atoms with Gasteiger partial charge in [-0.1, -0.05) is 37.3 Å². The molecule has 1 rings (SSSR count). The van der Waals surface area contributed by atoms with E-state index in [4.69, 9.17) is 4.74 Å². The van der Waals surface area contributed by atoms with Gasteiger partial charge in [-0.25, -0.2) is 0 Å². The Labute approximate surface area is 114 Å². The van der Waals surface area contributed by atoms with Crippen molar-refractivity contribution >= 4 is 11.9 Å². The van der Waals surface area contributed by atoms with Crippen LogP contribution >= 0.6 is 0 Å². The summed E-state index contributed by atoms with van der Waals surface area (Å²) in [6.07, 6.45) is 0.860. The summed E-state index contributed by atoms with van der Waals surface area (Å²) >= 11 is 0. The molecule has 19 heavy (non-hydrogen) atoms. The standard InChI is InChI=1S/C15H20NO3/c1-3-8-14(17)16(12-15(18)19-4-2)11-13-9-6-5-7-10-13/h5-7,9-10H,1,3-4,8,11-12H2,2H3. The van der Waals surface area contributed by atoms with Gasteiger partial charge in [-0.2, -0.15) is 0 Å². The Balaban J connectivity index is 2.69. The molecule has 0 heterocycles. The number of rotatable bonds is 7. The highest BCUT2D eigenvalue weighted by Crippen LogP contribution is 2.07. The monoisotopic (exact) mass is 262 g/mol. The van der Waals surface area contributed by atoms with E-state index in [9.17, 15) is 9.59 Å². The fourth-order valence-electron chi connectivity index (χ4n) is 1.71. The molecular weight excluding hydrogens is 242 g/mol. The third-order valence-electron chi connectivity index (χ3n) is 2.58. The summed E-state index contributed by atoms with van der Waals surface area (Å²) in [5, 5.41) is 0. The minimum absolute atomic E-state index is 0.0123. The van der Waals surface area contributed by atoms with E-state index in [-0.39, 0.29) is 18.4 Å². The summed E-state index contributed by atoms with van der Waals surface area (Å²) in [5.41, 5.74) is 0.990. The van der Waals surface area contributed by atoms with Crippen molar-refractivity contribution in [3.05, 3.63) is 42.8 Å². The molecule has 0 spiro atoms. The number of carbonyl (C=O) groups excluding carboxylic acids is 2. The Bertz CT molecular complexity index is 403. The maximum absolute atomic E-state index is 12.0. The average Bonchev–Trinajstić information content (AvgIpc) is 2.40. The first kappa shape index (κ1) is 15.2. The van der Waals surface area contributed by atoms with Gasteiger partial charge in [0.05, 0.1) is 6.61 Å². The van der Waals surface area contributed by atoms with E-state index in [1.165, 1.54) is 4.90 Å². The van der Waals surface area contributed by atoms with Gasteiger partial charge >= 0.3 is 5.97 Å². The lowest BCUT2D eigenvalue weighted by Gasteiger charge is -2.21. The second-order valence-electron chi connectivity index (χ2n) is 4.14. The van der Waals surface area contributed by atoms with Crippen molar-refractivity contribution in [1.82, 2.24) is 4.90 Å². The van der Waals surface area contributed by atoms with E-state index < -0.39 is 0 Å². The molecular formula is C15H20NO3. The van der Waals surface area contributed by atoms with Gasteiger partial charge in [-0.3, -0.25) is 9.59 Å². The van der Waals surface area contributed by atoms with Crippen molar-refractivity contribution in [3.8, 4) is 0 Å². The van der Waals surface area contributed by atoms with Crippen LogP contribution in [0.25, 0.3) is 0 Å². The topological polar surface area (TPSA) is 46.6 Å². The van der Waals surface area contributed by atoms with Gasteiger partial charge in [-0.05, 0) is 18.9 Å². The van der Waals surface area contributed by atoms with Crippen molar-refractivity contribution in [2.75, 3.05) is 13.2 Å². The Hall–Kier alpha value is -1.84. The first-order valence-electron chi connectivity index (χ1n) is 6.44. The molecule has 0 aliphatic carbocycles. The van der Waals surface area contributed by atoms with Crippen LogP contribution in [0.15, 0.2) is 30.3 Å². The molecule has 0 aliphatic rings. The lowest BCUT2D eigenvalue weighted by atomic mass is 10.2. The lowest BCUT2D eigenvalue weighted by Crippen LogP contribution is -2.35. The molecule has 0 N–H and O–H groups in total. The average molecular weight is 262 g/mol. The summed E-state index contributed by atoms with van der Waals surface area (Å²) in [6, 6.07) is 9.58. The Morgan fingerprint density at radius 3 is 2.53 bits per heavy atom. The van der Waals surface area contributed by atoms with Gasteiger partial charge in [0.2, 0.25) is 5.91 Å². The van der Waals surface area contributed by atoms with Crippen LogP contribution in [-0.2, 0) is 20.9 Å². The summed E-state index contributed by atoms with van der Waals surface area (Å²) in [6.45, 7) is 6.14. The molecule has 0 unspecified atom stereocenters. The van der Waals surface area contributed by atoms with Crippen LogP contribution in [0.4, 0.5) is 0 Å². The van der Waals surface area contributed by atoms with Gasteiger partial charge in [0.15, 0.2) is 0 Å². The first-order chi connectivity index (χ1) is 9.17. The van der Waals surface area contributed by atoms with Crippen molar-refractivity contribution < 1.29 is 14.3 Å². The molecule has 1 aromatic rings. The van der Waals surface area contributed by atoms with Crippen LogP contribution in [0.1, 0.15) is 25.3 Å². The zero-order valence-electron chi connectivity index (χ0n) is 11.3. The largest absolute Gasteiger partial charge is 0.465 e. The molecule has 0 bridgehead atoms. The fourth-order valence-corrected chi connectivity index (χ4v) is 1.71. The number of esters is 1. The smallest absolute Gasteiger partial charge is 0.325 e. The van der Waals surface area contributed by atoms with Crippen LogP contribution in [-0.4, -0.2) is 29.9 Å². The number of amides is 1. The van der Waals surface area contributed by atoms with Crippen LogP contribution in [0, 0.1) is 6.92 Å². The lowest BCUT2D eigenvalue weighted by molar-refractivity contribution is -0.149. The molecule has 0 fully saturated rings. The zero-order chi connectivity index (χ0) is 14.1. The van der Waals surface area contributed by atoms with Crippen LogP contribution < -0.4 is 0 Å². The number of hydrogen-bond acceptors (Lipinski definition) is 3. The Morgan fingerprint density at radius 1 is 1.26 bits per heavy atom. The minimum atomic E-state index is -0.379. The van der Waals surface area contributed by atoms with E-state index in [0.717, 1.165) is 5.56 Å². The first-order valence-corrected chi connectivity index (χ1v) is 6.44. The molecule has 0 atom stereocenters. The second kappa shape index (κ2) is 8.29. The van der Waals surface area contributed by atoms with Gasteiger partial charge in [-0.15, -0.1) is 0 Å². The highest BCUT2D eigenvalue weighted by atomic mass is 16.5. The van der Waals surface area contributed by atoms with Gasteiger partial charge in [0.25, 0.3) is 0 Å². The van der Waals surface area contributed by atoms with Crippen molar-refractivity contribution in [1.29, 1.82) is 0 Å². The number of ether oxygens (including phenoxy) is 1. The summed E-state index contributed by atoms with van der Waals surface area (Å²) in [4.78, 5) is 25.0. The van der Waals surface area contributed by atoms with Gasteiger partial charge in [0.1, 0.15) is 6.54 Å². The molecule has 0 aromatic heterocycles. The fraction of sp³-hybridized carbons (Fsp3) is 0.400. The van der Waals surface area contributed by atoms with Gasteiger partial charge in [0, 0.05) is 13.0 Å². The molecule has 103 valence electrons. The van der Waals surface area contributed by atoms with Crippen LogP contribution in [0.5, 0.6) is 0 Å². The van der Waals surface area contributed by atoms with Crippen LogP contribution in [0.2, 0.25) is 0 Å². The van der Waals surface area contributed by atoms with E-state index in [2.05, 4.69) is 6.92 Å². The van der Waals surface area contributed by atoms with Gasteiger partial charge < -0.3 is 9.64 Å². The SMILES string of the molecule is [CH2]CCC(=O)N(CC(=O)OCC)Cc1ccccc1. The molecule has 0 aliphatic heterocycles. The van der Waals surface area contributed by atoms with Crippen LogP contribution in [0.3, 0.4) is 0 Å². The highest BCUT2D eigenvalue weighted by Gasteiger charge is 2.17. The molecule has 0 saturated heterocycles. The predicted molar refractivity (Wildman–Crippen MR) is 73.1 cm³/mol. The van der Waals surface area contributed by atoms with Crippen molar-refractivity contribution in [3.63, 3.8) is 0 Å². The normalized spacial score (nSPS) is 10.0. The highest BCUT2D eigenvalue weighted by molar-refractivity contribution is 5.82. The molecule has 4 nitrogen and oxygen atoms in total. The predicted octanol–water partition coefficient (Wildman–Crippen LogP) is 2.19. The maximum Gasteiger partial charge on any atom is 0.325 e. The third-order valence-corrected chi connectivity index (χ3v) is 2.58. The second-order valence-corrected chi connectivity index (χ2v) is 4.14. The summed E-state index contributed by atoms with van der Waals surface area (Å²) < 4.78 is 4.89. The van der Waals surface area contributed by atoms with E-state index >= 15 is 0 Å². The maximum atomic E-state index is 12.0. The number of nitrogens with zero attached hydrogens (tertiary/aromatic N) is 1. The zero-order valence-corrected chi connectivity index (χ0v) is 11.3. The summed E-state index contributed by atoms with van der Waals surface area (Å²) in [5.74, 6) is -0.456. The number of hydrogen-bond donors (Lipinski definition) is 0. The minimum Gasteiger partial charge on any atom is -0.465 e.